The number of aromatic carboxylic acids is 1. The first-order valence-electron chi connectivity index (χ1n) is 4.52. The lowest BCUT2D eigenvalue weighted by Crippen LogP contribution is -2.24. The average Bonchev–Trinajstić information content (AvgIpc) is 2.27. The van der Waals surface area contributed by atoms with Crippen LogP contribution in [0.3, 0.4) is 0 Å². The zero-order valence-electron chi connectivity index (χ0n) is 8.86. The van der Waals surface area contributed by atoms with Crippen LogP contribution in [-0.2, 0) is 0 Å². The molecule has 0 bridgehead atoms. The first-order chi connectivity index (χ1) is 8.43. The third-order valence-corrected chi connectivity index (χ3v) is 1.86. The predicted octanol–water partition coefficient (Wildman–Crippen LogP) is 0.295. The van der Waals surface area contributed by atoms with Crippen molar-refractivity contribution < 1.29 is 19.6 Å². The van der Waals surface area contributed by atoms with E-state index in [9.17, 15) is 19.7 Å². The Morgan fingerprint density at radius 2 is 2.17 bits per heavy atom. The second kappa shape index (κ2) is 5.39. The lowest BCUT2D eigenvalue weighted by atomic mass is 10.1. The molecule has 4 N–H and O–H groups in total. The quantitative estimate of drug-likeness (QED) is 0.400. The van der Waals surface area contributed by atoms with Gasteiger partial charge in [0.15, 0.2) is 0 Å². The van der Waals surface area contributed by atoms with Gasteiger partial charge in [0.25, 0.3) is 5.69 Å². The van der Waals surface area contributed by atoms with Gasteiger partial charge in [-0.25, -0.2) is 15.0 Å². The Labute approximate surface area is 100 Å². The number of hydrazone groups is 1. The molecule has 0 aliphatic carbocycles. The monoisotopic (exact) mass is 252 g/mol. The van der Waals surface area contributed by atoms with E-state index in [0.717, 1.165) is 12.3 Å². The molecule has 0 radical (unpaired) electrons. The fourth-order valence-electron chi connectivity index (χ4n) is 1.21. The second-order valence-corrected chi connectivity index (χ2v) is 3.04. The minimum absolute atomic E-state index is 0.0614. The summed E-state index contributed by atoms with van der Waals surface area (Å²) in [7, 11) is 0. The Morgan fingerprint density at radius 3 is 2.67 bits per heavy atom. The Bertz CT molecular complexity index is 540. The van der Waals surface area contributed by atoms with Gasteiger partial charge in [-0.2, -0.15) is 5.10 Å². The molecule has 9 nitrogen and oxygen atoms in total. The molecular formula is C9H8N4O5. The molecule has 94 valence electrons. The first-order valence-corrected chi connectivity index (χ1v) is 4.52. The standard InChI is InChI=1S/C9H8N4O5/c10-9(16)12-11-4-5-2-1-3-6(8(14)15)7(5)13(17)18/h1-4H,(H,14,15)(H3,10,12,16). The summed E-state index contributed by atoms with van der Waals surface area (Å²) in [6.07, 6.45) is 0.940. The van der Waals surface area contributed by atoms with Crippen LogP contribution in [0.15, 0.2) is 23.3 Å². The van der Waals surface area contributed by atoms with E-state index in [0.29, 0.717) is 0 Å². The molecule has 2 amide bonds. The van der Waals surface area contributed by atoms with Crippen molar-refractivity contribution in [1.29, 1.82) is 0 Å². The van der Waals surface area contributed by atoms with E-state index in [2.05, 4.69) is 5.10 Å². The molecule has 1 rings (SSSR count). The number of carbonyl (C=O) groups excluding carboxylic acids is 1. The number of carboxylic acid groups (broad SMARTS) is 1. The van der Waals surface area contributed by atoms with Crippen LogP contribution in [0.25, 0.3) is 0 Å². The molecule has 0 fully saturated rings. The van der Waals surface area contributed by atoms with Crippen LogP contribution in [0, 0.1) is 10.1 Å². The summed E-state index contributed by atoms with van der Waals surface area (Å²) >= 11 is 0. The van der Waals surface area contributed by atoms with Crippen molar-refractivity contribution in [2.75, 3.05) is 0 Å². The summed E-state index contributed by atoms with van der Waals surface area (Å²) in [6.45, 7) is 0. The third kappa shape index (κ3) is 3.01. The minimum Gasteiger partial charge on any atom is -0.477 e. The number of para-hydroxylation sites is 1. The number of nitro groups is 1. The molecule has 1 aromatic rings. The van der Waals surface area contributed by atoms with Gasteiger partial charge >= 0.3 is 12.0 Å². The Balaban J connectivity index is 3.23. The largest absolute Gasteiger partial charge is 0.477 e. The summed E-state index contributed by atoms with van der Waals surface area (Å²) in [4.78, 5) is 31.1. The highest BCUT2D eigenvalue weighted by Gasteiger charge is 2.22. The number of urea groups is 1. The van der Waals surface area contributed by atoms with E-state index in [1.165, 1.54) is 12.1 Å². The van der Waals surface area contributed by atoms with Crippen molar-refractivity contribution in [3.05, 3.63) is 39.4 Å². The zero-order valence-corrected chi connectivity index (χ0v) is 8.86. The molecule has 0 spiro atoms. The van der Waals surface area contributed by atoms with Gasteiger partial charge in [0, 0.05) is 0 Å². The first kappa shape index (κ1) is 13.1. The van der Waals surface area contributed by atoms with Crippen molar-refractivity contribution in [1.82, 2.24) is 5.43 Å². The van der Waals surface area contributed by atoms with Crippen LogP contribution in [0.5, 0.6) is 0 Å². The summed E-state index contributed by atoms with van der Waals surface area (Å²) in [5.74, 6) is -1.43. The fraction of sp³-hybridized carbons (Fsp3) is 0. The van der Waals surface area contributed by atoms with E-state index in [4.69, 9.17) is 10.8 Å². The summed E-state index contributed by atoms with van der Waals surface area (Å²) in [5.41, 5.74) is 5.45. The van der Waals surface area contributed by atoms with Gasteiger partial charge in [-0.3, -0.25) is 10.1 Å². The van der Waals surface area contributed by atoms with Crippen LogP contribution in [0.2, 0.25) is 0 Å². The van der Waals surface area contributed by atoms with Gasteiger partial charge in [0.05, 0.1) is 16.7 Å². The number of amides is 2. The lowest BCUT2D eigenvalue weighted by Gasteiger charge is -2.00. The lowest BCUT2D eigenvalue weighted by molar-refractivity contribution is -0.385. The number of primary amides is 1. The fourth-order valence-corrected chi connectivity index (χ4v) is 1.21. The summed E-state index contributed by atoms with van der Waals surface area (Å²) in [5, 5.41) is 23.0. The average molecular weight is 252 g/mol. The molecule has 0 saturated heterocycles. The van der Waals surface area contributed by atoms with Crippen LogP contribution < -0.4 is 11.2 Å². The summed E-state index contributed by atoms with van der Waals surface area (Å²) < 4.78 is 0. The third-order valence-electron chi connectivity index (χ3n) is 1.86. The Hall–Kier alpha value is -2.97. The number of carbonyl (C=O) groups is 2. The minimum atomic E-state index is -1.43. The number of rotatable bonds is 4. The summed E-state index contributed by atoms with van der Waals surface area (Å²) in [6, 6.07) is 2.77. The maximum Gasteiger partial charge on any atom is 0.342 e. The molecule has 0 aromatic heterocycles. The van der Waals surface area contributed by atoms with E-state index >= 15 is 0 Å². The molecule has 0 heterocycles. The molecular weight excluding hydrogens is 244 g/mol. The Kier molecular flexibility index (Phi) is 3.92. The molecule has 0 aliphatic rings. The van der Waals surface area contributed by atoms with Crippen molar-refractivity contribution in [2.45, 2.75) is 0 Å². The molecule has 1 aromatic carbocycles. The smallest absolute Gasteiger partial charge is 0.342 e. The second-order valence-electron chi connectivity index (χ2n) is 3.04. The van der Waals surface area contributed by atoms with E-state index in [-0.39, 0.29) is 5.56 Å². The number of benzene rings is 1. The molecule has 9 heteroatoms. The molecule has 18 heavy (non-hydrogen) atoms. The number of nitrogens with two attached hydrogens (primary N) is 1. The highest BCUT2D eigenvalue weighted by atomic mass is 16.6. The normalized spacial score (nSPS) is 10.2. The number of nitrogens with one attached hydrogen (secondary N) is 1. The molecule has 0 saturated carbocycles. The van der Waals surface area contributed by atoms with Crippen LogP contribution in [0.1, 0.15) is 15.9 Å². The van der Waals surface area contributed by atoms with Gasteiger partial charge in [0.1, 0.15) is 5.56 Å². The van der Waals surface area contributed by atoms with E-state index < -0.39 is 28.2 Å². The van der Waals surface area contributed by atoms with Crippen molar-refractivity contribution in [3.8, 4) is 0 Å². The maximum atomic E-state index is 10.8. The van der Waals surface area contributed by atoms with Crippen LogP contribution in [0.4, 0.5) is 10.5 Å². The van der Waals surface area contributed by atoms with E-state index in [1.54, 1.807) is 0 Å². The number of hydrogen-bond donors (Lipinski definition) is 3. The molecule has 0 aliphatic heterocycles. The SMILES string of the molecule is NC(=O)NN=Cc1cccc(C(=O)O)c1[N+](=O)[O-]. The van der Waals surface area contributed by atoms with Gasteiger partial charge in [-0.1, -0.05) is 6.07 Å². The number of nitro benzene ring substituents is 1. The number of hydrogen-bond acceptors (Lipinski definition) is 5. The molecule has 0 unspecified atom stereocenters. The number of nitrogens with zero attached hydrogens (tertiary/aromatic N) is 2. The highest BCUT2D eigenvalue weighted by molar-refractivity contribution is 5.98. The highest BCUT2D eigenvalue weighted by Crippen LogP contribution is 2.22. The zero-order chi connectivity index (χ0) is 13.7. The molecule has 0 atom stereocenters. The topological polar surface area (TPSA) is 148 Å². The Morgan fingerprint density at radius 1 is 1.50 bits per heavy atom. The van der Waals surface area contributed by atoms with Crippen molar-refractivity contribution in [3.63, 3.8) is 0 Å². The van der Waals surface area contributed by atoms with E-state index in [1.807, 2.05) is 5.43 Å². The van der Waals surface area contributed by atoms with Crippen LogP contribution >= 0.6 is 0 Å². The van der Waals surface area contributed by atoms with Gasteiger partial charge in [0.2, 0.25) is 0 Å². The van der Waals surface area contributed by atoms with Crippen LogP contribution in [-0.4, -0.2) is 28.2 Å². The van der Waals surface area contributed by atoms with Gasteiger partial charge in [-0.15, -0.1) is 0 Å². The van der Waals surface area contributed by atoms with Gasteiger partial charge < -0.3 is 10.8 Å². The number of carboxylic acids is 1. The van der Waals surface area contributed by atoms with Crippen molar-refractivity contribution >= 4 is 23.9 Å². The maximum absolute atomic E-state index is 10.8. The predicted molar refractivity (Wildman–Crippen MR) is 60.4 cm³/mol. The van der Waals surface area contributed by atoms with Crippen molar-refractivity contribution in [2.24, 2.45) is 10.8 Å². The van der Waals surface area contributed by atoms with Gasteiger partial charge in [-0.05, 0) is 12.1 Å².